The Balaban J connectivity index is 1.81. The Morgan fingerprint density at radius 2 is 1.81 bits per heavy atom. The lowest BCUT2D eigenvalue weighted by atomic mass is 10.1. The van der Waals surface area contributed by atoms with Gasteiger partial charge in [0, 0.05) is 11.5 Å². The van der Waals surface area contributed by atoms with Crippen molar-refractivity contribution in [2.45, 2.75) is 19.4 Å². The summed E-state index contributed by atoms with van der Waals surface area (Å²) in [6, 6.07) is 5.20. The van der Waals surface area contributed by atoms with Crippen LogP contribution < -0.4 is 24.3 Å². The van der Waals surface area contributed by atoms with Crippen molar-refractivity contribution < 1.29 is 24.1 Å². The first-order valence-electron chi connectivity index (χ1n) is 9.32. The van der Waals surface area contributed by atoms with Gasteiger partial charge in [-0.25, -0.2) is 9.97 Å². The molecule has 0 aliphatic carbocycles. The van der Waals surface area contributed by atoms with Crippen LogP contribution in [-0.2, 0) is 0 Å². The molecule has 1 aromatic heterocycles. The number of methoxy groups -OCH3 is 2. The molecule has 0 bridgehead atoms. The van der Waals surface area contributed by atoms with E-state index in [0.717, 1.165) is 0 Å². The van der Waals surface area contributed by atoms with Gasteiger partial charge < -0.3 is 29.4 Å². The molecule has 160 valence electrons. The average molecular weight is 442 g/mol. The summed E-state index contributed by atoms with van der Waals surface area (Å²) in [5, 5.41) is 14.2. The van der Waals surface area contributed by atoms with Gasteiger partial charge in [-0.05, 0) is 26.0 Å². The van der Waals surface area contributed by atoms with Gasteiger partial charge in [0.05, 0.1) is 30.3 Å². The van der Waals surface area contributed by atoms with Gasteiger partial charge in [0.15, 0.2) is 23.0 Å². The third-order valence-electron chi connectivity index (χ3n) is 4.48. The van der Waals surface area contributed by atoms with Crippen molar-refractivity contribution in [1.29, 1.82) is 0 Å². The maximum Gasteiger partial charge on any atom is 0.231 e. The standard InChI is InChI=1S/C22H20ClN3O5/c1-22(2,27)6-5-12-7-14(23)18(20-19(12)30-11-31-20)26-21-13-8-16(28-3)17(29-4)9-15(13)24-10-25-21/h7-10,27H,11H2,1-4H3,(H,24,25,26). The zero-order valence-corrected chi connectivity index (χ0v) is 18.1. The summed E-state index contributed by atoms with van der Waals surface area (Å²) in [7, 11) is 3.12. The maximum absolute atomic E-state index is 9.90. The molecule has 0 atom stereocenters. The smallest absolute Gasteiger partial charge is 0.231 e. The third kappa shape index (κ3) is 4.10. The van der Waals surface area contributed by atoms with E-state index in [1.165, 1.54) is 6.33 Å². The summed E-state index contributed by atoms with van der Waals surface area (Å²) >= 11 is 6.55. The molecule has 2 aromatic carbocycles. The number of aliphatic hydroxyl groups is 1. The molecule has 0 amide bonds. The number of nitrogens with zero attached hydrogens (tertiary/aromatic N) is 2. The van der Waals surface area contributed by atoms with Crippen molar-refractivity contribution >= 4 is 34.0 Å². The van der Waals surface area contributed by atoms with Gasteiger partial charge >= 0.3 is 0 Å². The van der Waals surface area contributed by atoms with Crippen molar-refractivity contribution in [2.75, 3.05) is 26.3 Å². The lowest BCUT2D eigenvalue weighted by Crippen LogP contribution is -2.14. The van der Waals surface area contributed by atoms with Crippen LogP contribution in [0.4, 0.5) is 11.5 Å². The van der Waals surface area contributed by atoms with Crippen LogP contribution in [0.15, 0.2) is 24.5 Å². The number of anilines is 2. The van der Waals surface area contributed by atoms with Crippen LogP contribution in [0, 0.1) is 11.8 Å². The average Bonchev–Trinajstić information content (AvgIpc) is 3.23. The summed E-state index contributed by atoms with van der Waals surface area (Å²) in [5.74, 6) is 8.12. The Hall–Kier alpha value is -3.41. The molecular weight excluding hydrogens is 422 g/mol. The summed E-state index contributed by atoms with van der Waals surface area (Å²) in [6.07, 6.45) is 1.44. The highest BCUT2D eigenvalue weighted by molar-refractivity contribution is 6.34. The number of aromatic nitrogens is 2. The SMILES string of the molecule is COc1cc2ncnc(Nc3c(Cl)cc(C#CC(C)(C)O)c4c3OCO4)c2cc1OC. The van der Waals surface area contributed by atoms with E-state index < -0.39 is 5.60 Å². The molecule has 0 saturated carbocycles. The van der Waals surface area contributed by atoms with E-state index in [4.69, 9.17) is 30.5 Å². The third-order valence-corrected chi connectivity index (χ3v) is 4.78. The van der Waals surface area contributed by atoms with E-state index in [1.807, 2.05) is 0 Å². The molecule has 1 aliphatic rings. The minimum atomic E-state index is -1.16. The van der Waals surface area contributed by atoms with E-state index in [-0.39, 0.29) is 6.79 Å². The molecule has 3 aromatic rings. The van der Waals surface area contributed by atoms with Crippen LogP contribution in [-0.4, -0.2) is 41.7 Å². The quantitative estimate of drug-likeness (QED) is 0.589. The fraction of sp³-hybridized carbons (Fsp3) is 0.273. The number of hydrogen-bond acceptors (Lipinski definition) is 8. The molecular formula is C22H20ClN3O5. The van der Waals surface area contributed by atoms with Gasteiger partial charge in [-0.15, -0.1) is 0 Å². The van der Waals surface area contributed by atoms with Crippen molar-refractivity contribution in [3.63, 3.8) is 0 Å². The first-order chi connectivity index (χ1) is 14.8. The molecule has 4 rings (SSSR count). The van der Waals surface area contributed by atoms with Crippen LogP contribution in [0.2, 0.25) is 5.02 Å². The second kappa shape index (κ2) is 8.02. The van der Waals surface area contributed by atoms with E-state index in [2.05, 4.69) is 27.1 Å². The molecule has 0 fully saturated rings. The van der Waals surface area contributed by atoms with Gasteiger partial charge in [0.2, 0.25) is 6.79 Å². The van der Waals surface area contributed by atoms with Gasteiger partial charge in [-0.1, -0.05) is 23.4 Å². The molecule has 0 unspecified atom stereocenters. The predicted molar refractivity (Wildman–Crippen MR) is 117 cm³/mol. The summed E-state index contributed by atoms with van der Waals surface area (Å²) in [5.41, 5.74) is 0.505. The Labute approximate surface area is 184 Å². The zero-order chi connectivity index (χ0) is 22.2. The van der Waals surface area contributed by atoms with Crippen molar-refractivity contribution in [3.05, 3.63) is 35.1 Å². The highest BCUT2D eigenvalue weighted by atomic mass is 35.5. The van der Waals surface area contributed by atoms with E-state index >= 15 is 0 Å². The van der Waals surface area contributed by atoms with Crippen molar-refractivity contribution in [1.82, 2.24) is 9.97 Å². The lowest BCUT2D eigenvalue weighted by Gasteiger charge is -2.15. The highest BCUT2D eigenvalue weighted by Crippen LogP contribution is 2.47. The van der Waals surface area contributed by atoms with Gasteiger partial charge in [0.1, 0.15) is 23.4 Å². The monoisotopic (exact) mass is 441 g/mol. The van der Waals surface area contributed by atoms with Crippen LogP contribution in [0.25, 0.3) is 10.9 Å². The molecule has 8 nitrogen and oxygen atoms in total. The van der Waals surface area contributed by atoms with E-state index in [0.29, 0.717) is 56.0 Å². The Morgan fingerprint density at radius 3 is 2.52 bits per heavy atom. The Kier molecular flexibility index (Phi) is 5.39. The summed E-state index contributed by atoms with van der Waals surface area (Å²) < 4.78 is 22.0. The first-order valence-corrected chi connectivity index (χ1v) is 9.70. The first kappa shape index (κ1) is 20.8. The molecule has 2 heterocycles. The van der Waals surface area contributed by atoms with E-state index in [1.54, 1.807) is 46.3 Å². The molecule has 0 radical (unpaired) electrons. The second-order valence-corrected chi connectivity index (χ2v) is 7.63. The summed E-state index contributed by atoms with van der Waals surface area (Å²) in [6.45, 7) is 3.22. The number of rotatable bonds is 4. The number of ether oxygens (including phenoxy) is 4. The van der Waals surface area contributed by atoms with Crippen molar-refractivity contribution in [3.8, 4) is 34.8 Å². The lowest BCUT2D eigenvalue weighted by molar-refractivity contribution is 0.143. The molecule has 2 N–H and O–H groups in total. The topological polar surface area (TPSA) is 95.0 Å². The fourth-order valence-electron chi connectivity index (χ4n) is 3.07. The molecule has 0 spiro atoms. The normalized spacial score (nSPS) is 12.3. The fourth-order valence-corrected chi connectivity index (χ4v) is 3.31. The highest BCUT2D eigenvalue weighted by Gasteiger charge is 2.26. The minimum absolute atomic E-state index is 0.0249. The number of nitrogens with one attached hydrogen (secondary N) is 1. The molecule has 1 aliphatic heterocycles. The molecule has 9 heteroatoms. The van der Waals surface area contributed by atoms with Crippen LogP contribution in [0.5, 0.6) is 23.0 Å². The van der Waals surface area contributed by atoms with Gasteiger partial charge in [-0.3, -0.25) is 0 Å². The van der Waals surface area contributed by atoms with Gasteiger partial charge in [0.25, 0.3) is 0 Å². The van der Waals surface area contributed by atoms with Crippen molar-refractivity contribution in [2.24, 2.45) is 0 Å². The number of fused-ring (bicyclic) bond motifs is 2. The van der Waals surface area contributed by atoms with Crippen LogP contribution in [0.3, 0.4) is 0 Å². The Bertz CT molecular complexity index is 1230. The minimum Gasteiger partial charge on any atom is -0.493 e. The van der Waals surface area contributed by atoms with Crippen LogP contribution >= 0.6 is 11.6 Å². The zero-order valence-electron chi connectivity index (χ0n) is 17.4. The predicted octanol–water partition coefficient (Wildman–Crippen LogP) is 3.90. The Morgan fingerprint density at radius 1 is 1.10 bits per heavy atom. The summed E-state index contributed by atoms with van der Waals surface area (Å²) in [4.78, 5) is 8.66. The van der Waals surface area contributed by atoms with Gasteiger partial charge in [-0.2, -0.15) is 0 Å². The van der Waals surface area contributed by atoms with Crippen LogP contribution in [0.1, 0.15) is 19.4 Å². The molecule has 0 saturated heterocycles. The number of halogens is 1. The maximum atomic E-state index is 9.90. The number of hydrogen-bond donors (Lipinski definition) is 2. The van der Waals surface area contributed by atoms with E-state index in [9.17, 15) is 5.11 Å². The second-order valence-electron chi connectivity index (χ2n) is 7.23. The number of benzene rings is 2. The largest absolute Gasteiger partial charge is 0.493 e. The molecule has 31 heavy (non-hydrogen) atoms.